The number of unbranched alkanes of at least 4 members (excludes halogenated alkanes) is 38. The lowest BCUT2D eigenvalue weighted by molar-refractivity contribution is -0.143. The molecule has 0 rings (SSSR count). The molecule has 0 spiro atoms. The van der Waals surface area contributed by atoms with Crippen molar-refractivity contribution in [1.82, 2.24) is 5.32 Å². The summed E-state index contributed by atoms with van der Waals surface area (Å²) >= 11 is 0. The van der Waals surface area contributed by atoms with Crippen LogP contribution in [0.2, 0.25) is 0 Å². The van der Waals surface area contributed by atoms with E-state index < -0.39 is 12.1 Å². The van der Waals surface area contributed by atoms with Crippen LogP contribution in [0.25, 0.3) is 0 Å². The molecule has 6 heteroatoms. The van der Waals surface area contributed by atoms with Crippen LogP contribution in [0, 0.1) is 0 Å². The van der Waals surface area contributed by atoms with Gasteiger partial charge in [0.25, 0.3) is 0 Å². The average Bonchev–Trinajstić information content (AvgIpc) is 3.33. The minimum atomic E-state index is -0.666. The van der Waals surface area contributed by atoms with Crippen LogP contribution in [0.3, 0.4) is 0 Å². The van der Waals surface area contributed by atoms with Crippen LogP contribution in [0.15, 0.2) is 36.5 Å². The summed E-state index contributed by atoms with van der Waals surface area (Å²) in [7, 11) is 0. The molecule has 0 bridgehead atoms. The molecule has 0 fully saturated rings. The van der Waals surface area contributed by atoms with Crippen LogP contribution in [0.5, 0.6) is 0 Å². The van der Waals surface area contributed by atoms with Crippen molar-refractivity contribution in [2.45, 2.75) is 328 Å². The van der Waals surface area contributed by atoms with E-state index in [0.29, 0.717) is 25.9 Å². The Balaban J connectivity index is 3.43. The van der Waals surface area contributed by atoms with Gasteiger partial charge in [0.05, 0.1) is 25.4 Å². The smallest absolute Gasteiger partial charge is 0.305 e. The number of allylic oxidation sites excluding steroid dienone is 5. The summed E-state index contributed by atoms with van der Waals surface area (Å²) in [4.78, 5) is 24.5. The molecule has 2 atom stereocenters. The maximum atomic E-state index is 12.4. The SMILES string of the molecule is CCCCCCCCC/C=C\CCCCCCCCCC(=O)OCC/C=C\C/C=C\CCCCCCCCCCCCCCCCC(=O)NC(CO)C(O)CCCCCCCCCCCCC. The van der Waals surface area contributed by atoms with Crippen LogP contribution >= 0.6 is 0 Å². The molecule has 2 unspecified atom stereocenters. The molecule has 0 aromatic rings. The van der Waals surface area contributed by atoms with Crippen molar-refractivity contribution in [3.05, 3.63) is 36.5 Å². The molecule has 394 valence electrons. The van der Waals surface area contributed by atoms with E-state index in [1.54, 1.807) is 0 Å². The fourth-order valence-corrected chi connectivity index (χ4v) is 9.12. The number of hydrogen-bond acceptors (Lipinski definition) is 5. The molecular formula is C61H115NO5. The molecule has 67 heavy (non-hydrogen) atoms. The van der Waals surface area contributed by atoms with E-state index in [1.165, 1.54) is 231 Å². The van der Waals surface area contributed by atoms with E-state index in [-0.39, 0.29) is 18.5 Å². The number of rotatable bonds is 55. The lowest BCUT2D eigenvalue weighted by atomic mass is 10.0. The molecule has 0 aliphatic carbocycles. The highest BCUT2D eigenvalue weighted by Gasteiger charge is 2.20. The molecule has 0 radical (unpaired) electrons. The van der Waals surface area contributed by atoms with E-state index >= 15 is 0 Å². The van der Waals surface area contributed by atoms with E-state index in [0.717, 1.165) is 51.4 Å². The summed E-state index contributed by atoms with van der Waals surface area (Å²) in [6.45, 7) is 4.84. The van der Waals surface area contributed by atoms with Gasteiger partial charge in [0.2, 0.25) is 5.91 Å². The van der Waals surface area contributed by atoms with E-state index in [2.05, 4.69) is 55.6 Å². The van der Waals surface area contributed by atoms with E-state index in [9.17, 15) is 19.8 Å². The Morgan fingerprint density at radius 2 is 0.746 bits per heavy atom. The summed E-state index contributed by atoms with van der Waals surface area (Å²) in [5, 5.41) is 23.2. The summed E-state index contributed by atoms with van der Waals surface area (Å²) in [6.07, 6.45) is 70.2. The third-order valence-corrected chi connectivity index (χ3v) is 13.7. The van der Waals surface area contributed by atoms with Crippen molar-refractivity contribution in [3.63, 3.8) is 0 Å². The molecular weight excluding hydrogens is 827 g/mol. The minimum Gasteiger partial charge on any atom is -0.465 e. The fraction of sp³-hybridized carbons (Fsp3) is 0.869. The monoisotopic (exact) mass is 942 g/mol. The van der Waals surface area contributed by atoms with Crippen LogP contribution in [-0.4, -0.2) is 47.4 Å². The Bertz CT molecular complexity index is 1090. The van der Waals surface area contributed by atoms with Crippen molar-refractivity contribution in [2.24, 2.45) is 0 Å². The lowest BCUT2D eigenvalue weighted by Gasteiger charge is -2.22. The number of hydrogen-bond donors (Lipinski definition) is 3. The highest BCUT2D eigenvalue weighted by molar-refractivity contribution is 5.76. The van der Waals surface area contributed by atoms with Crippen LogP contribution in [-0.2, 0) is 14.3 Å². The van der Waals surface area contributed by atoms with E-state index in [4.69, 9.17) is 4.74 Å². The molecule has 0 aromatic heterocycles. The molecule has 0 aromatic carbocycles. The maximum absolute atomic E-state index is 12.4. The van der Waals surface area contributed by atoms with Crippen molar-refractivity contribution < 1.29 is 24.5 Å². The second kappa shape index (κ2) is 56.7. The first-order chi connectivity index (χ1) is 33.0. The van der Waals surface area contributed by atoms with Gasteiger partial charge in [0.15, 0.2) is 0 Å². The summed E-state index contributed by atoms with van der Waals surface area (Å²) in [5.41, 5.74) is 0. The highest BCUT2D eigenvalue weighted by Crippen LogP contribution is 2.17. The van der Waals surface area contributed by atoms with Gasteiger partial charge in [-0.2, -0.15) is 0 Å². The van der Waals surface area contributed by atoms with Gasteiger partial charge >= 0.3 is 5.97 Å². The van der Waals surface area contributed by atoms with Gasteiger partial charge < -0.3 is 20.3 Å². The first-order valence-electron chi connectivity index (χ1n) is 29.7. The number of amides is 1. The Labute approximate surface area is 417 Å². The number of carbonyl (C=O) groups excluding carboxylic acids is 2. The van der Waals surface area contributed by atoms with Crippen molar-refractivity contribution >= 4 is 11.9 Å². The average molecular weight is 943 g/mol. The first kappa shape index (κ1) is 65.1. The van der Waals surface area contributed by atoms with Gasteiger partial charge in [-0.1, -0.05) is 269 Å². The zero-order valence-corrected chi connectivity index (χ0v) is 44.9. The number of nitrogens with one attached hydrogen (secondary N) is 1. The highest BCUT2D eigenvalue weighted by atomic mass is 16.5. The third-order valence-electron chi connectivity index (χ3n) is 13.7. The van der Waals surface area contributed by atoms with Gasteiger partial charge in [-0.25, -0.2) is 0 Å². The molecule has 3 N–H and O–H groups in total. The molecule has 6 nitrogen and oxygen atoms in total. The number of aliphatic hydroxyl groups is 2. The van der Waals surface area contributed by atoms with Crippen LogP contribution in [0.1, 0.15) is 316 Å². The number of esters is 1. The Kier molecular flexibility index (Phi) is 55.0. The number of aliphatic hydroxyl groups excluding tert-OH is 2. The molecule has 0 saturated carbocycles. The number of carbonyl (C=O) groups is 2. The minimum absolute atomic E-state index is 0.0382. The zero-order chi connectivity index (χ0) is 48.6. The normalized spacial score (nSPS) is 12.8. The quantitative estimate of drug-likeness (QED) is 0.0321. The predicted octanol–water partition coefficient (Wildman–Crippen LogP) is 18.4. The second-order valence-electron chi connectivity index (χ2n) is 20.3. The number of ether oxygens (including phenoxy) is 1. The van der Waals surface area contributed by atoms with Gasteiger partial charge in [-0.3, -0.25) is 9.59 Å². The Morgan fingerprint density at radius 3 is 1.15 bits per heavy atom. The Hall–Kier alpha value is -1.92. The lowest BCUT2D eigenvalue weighted by Crippen LogP contribution is -2.45. The van der Waals surface area contributed by atoms with Gasteiger partial charge in [0.1, 0.15) is 0 Å². The summed E-state index contributed by atoms with van der Waals surface area (Å²) in [6, 6.07) is -0.544. The van der Waals surface area contributed by atoms with Crippen LogP contribution in [0.4, 0.5) is 0 Å². The first-order valence-corrected chi connectivity index (χ1v) is 29.7. The zero-order valence-electron chi connectivity index (χ0n) is 44.9. The van der Waals surface area contributed by atoms with Crippen LogP contribution < -0.4 is 5.32 Å². The topological polar surface area (TPSA) is 95.9 Å². The van der Waals surface area contributed by atoms with Gasteiger partial charge in [-0.05, 0) is 70.6 Å². The maximum Gasteiger partial charge on any atom is 0.305 e. The Morgan fingerprint density at radius 1 is 0.418 bits per heavy atom. The summed E-state index contributed by atoms with van der Waals surface area (Å²) in [5.74, 6) is -0.0789. The molecule has 0 aliphatic heterocycles. The fourth-order valence-electron chi connectivity index (χ4n) is 9.12. The van der Waals surface area contributed by atoms with Crippen molar-refractivity contribution in [1.29, 1.82) is 0 Å². The van der Waals surface area contributed by atoms with Crippen molar-refractivity contribution in [2.75, 3.05) is 13.2 Å². The standard InChI is InChI=1S/C61H115NO5/c1-3-5-7-9-11-13-15-16-17-18-25-28-31-35-39-43-47-51-55-61(66)67-56-52-48-44-40-36-32-29-26-23-21-19-20-22-24-27-30-34-38-42-46-50-54-60(65)62-58(57-63)59(64)53-49-45-41-37-33-14-12-10-8-6-4-2/h17-18,32,36,44,48,58-59,63-64H,3-16,19-31,33-35,37-43,45-47,49-57H2,1-2H3,(H,62,65)/b18-17-,36-32-,48-44-. The van der Waals surface area contributed by atoms with Crippen molar-refractivity contribution in [3.8, 4) is 0 Å². The predicted molar refractivity (Wildman–Crippen MR) is 292 cm³/mol. The molecule has 1 amide bonds. The van der Waals surface area contributed by atoms with Gasteiger partial charge in [0, 0.05) is 12.8 Å². The molecule has 0 saturated heterocycles. The molecule has 0 heterocycles. The summed E-state index contributed by atoms with van der Waals surface area (Å²) < 4.78 is 5.43. The van der Waals surface area contributed by atoms with Gasteiger partial charge in [-0.15, -0.1) is 0 Å². The second-order valence-corrected chi connectivity index (χ2v) is 20.3. The third kappa shape index (κ3) is 53.3. The molecule has 0 aliphatic rings. The largest absolute Gasteiger partial charge is 0.465 e. The van der Waals surface area contributed by atoms with E-state index in [1.807, 2.05) is 0 Å².